The molecule has 2 amide bonds. The third kappa shape index (κ3) is 4.04. The molecule has 1 aliphatic heterocycles. The first kappa shape index (κ1) is 16.4. The molecule has 0 spiro atoms. The molecule has 1 unspecified atom stereocenters. The topological polar surface area (TPSA) is 61.4 Å². The van der Waals surface area contributed by atoms with Crippen LogP contribution in [0.15, 0.2) is 24.3 Å². The van der Waals surface area contributed by atoms with Crippen LogP contribution < -0.4 is 10.6 Å². The molecule has 1 fully saturated rings. The second-order valence-corrected chi connectivity index (χ2v) is 5.78. The molecule has 1 aromatic carbocycles. The van der Waals surface area contributed by atoms with Crippen molar-refractivity contribution in [2.45, 2.75) is 19.9 Å². The SMILES string of the molecule is CC(C)C(NC(=O)c1ccc(F)cc1)C(=O)N1CCNCC1. The molecular formula is C16H22FN3O2. The molecule has 22 heavy (non-hydrogen) atoms. The summed E-state index contributed by atoms with van der Waals surface area (Å²) in [4.78, 5) is 26.6. The van der Waals surface area contributed by atoms with E-state index in [9.17, 15) is 14.0 Å². The molecule has 120 valence electrons. The largest absolute Gasteiger partial charge is 0.340 e. The Morgan fingerprint density at radius 2 is 1.77 bits per heavy atom. The van der Waals surface area contributed by atoms with Gasteiger partial charge in [-0.3, -0.25) is 9.59 Å². The van der Waals surface area contributed by atoms with Crippen LogP contribution >= 0.6 is 0 Å². The summed E-state index contributed by atoms with van der Waals surface area (Å²) < 4.78 is 12.9. The molecule has 1 saturated heterocycles. The molecule has 1 aliphatic rings. The van der Waals surface area contributed by atoms with Crippen LogP contribution in [-0.2, 0) is 4.79 Å². The number of benzene rings is 1. The summed E-state index contributed by atoms with van der Waals surface area (Å²) >= 11 is 0. The van der Waals surface area contributed by atoms with Crippen molar-refractivity contribution < 1.29 is 14.0 Å². The summed E-state index contributed by atoms with van der Waals surface area (Å²) in [5.41, 5.74) is 0.347. The van der Waals surface area contributed by atoms with Gasteiger partial charge < -0.3 is 15.5 Å². The minimum absolute atomic E-state index is 0.0215. The summed E-state index contributed by atoms with van der Waals surface area (Å²) in [6, 6.07) is 4.72. The molecule has 2 N–H and O–H groups in total. The van der Waals surface area contributed by atoms with Crippen molar-refractivity contribution in [1.82, 2.24) is 15.5 Å². The van der Waals surface area contributed by atoms with E-state index >= 15 is 0 Å². The maximum atomic E-state index is 12.9. The van der Waals surface area contributed by atoms with Gasteiger partial charge in [-0.25, -0.2) is 4.39 Å². The summed E-state index contributed by atoms with van der Waals surface area (Å²) in [7, 11) is 0. The van der Waals surface area contributed by atoms with E-state index in [0.717, 1.165) is 13.1 Å². The van der Waals surface area contributed by atoms with Crippen LogP contribution in [0.5, 0.6) is 0 Å². The molecule has 5 nitrogen and oxygen atoms in total. The standard InChI is InChI=1S/C16H22FN3O2/c1-11(2)14(16(22)20-9-7-18-8-10-20)19-15(21)12-3-5-13(17)6-4-12/h3-6,11,14,18H,7-10H2,1-2H3,(H,19,21). The first-order chi connectivity index (χ1) is 10.5. The highest BCUT2D eigenvalue weighted by molar-refractivity contribution is 5.97. The van der Waals surface area contributed by atoms with Gasteiger partial charge in [0.15, 0.2) is 0 Å². The number of rotatable bonds is 4. The number of amides is 2. The van der Waals surface area contributed by atoms with Crippen molar-refractivity contribution in [3.8, 4) is 0 Å². The van der Waals surface area contributed by atoms with Gasteiger partial charge in [0.25, 0.3) is 5.91 Å². The second kappa shape index (κ2) is 7.35. The van der Waals surface area contributed by atoms with Gasteiger partial charge in [0, 0.05) is 31.7 Å². The Labute approximate surface area is 129 Å². The molecular weight excluding hydrogens is 285 g/mol. The van der Waals surface area contributed by atoms with Crippen LogP contribution in [0.3, 0.4) is 0 Å². The monoisotopic (exact) mass is 307 g/mol. The van der Waals surface area contributed by atoms with Crippen LogP contribution in [0, 0.1) is 11.7 Å². The number of carbonyl (C=O) groups excluding carboxylic acids is 2. The molecule has 0 radical (unpaired) electrons. The fraction of sp³-hybridized carbons (Fsp3) is 0.500. The van der Waals surface area contributed by atoms with Crippen molar-refractivity contribution in [2.75, 3.05) is 26.2 Å². The zero-order chi connectivity index (χ0) is 16.1. The van der Waals surface area contributed by atoms with Crippen molar-refractivity contribution in [2.24, 2.45) is 5.92 Å². The smallest absolute Gasteiger partial charge is 0.251 e. The van der Waals surface area contributed by atoms with Gasteiger partial charge in [-0.15, -0.1) is 0 Å². The highest BCUT2D eigenvalue weighted by atomic mass is 19.1. The summed E-state index contributed by atoms with van der Waals surface area (Å²) in [5.74, 6) is -0.838. The van der Waals surface area contributed by atoms with E-state index in [1.165, 1.54) is 24.3 Å². The van der Waals surface area contributed by atoms with Gasteiger partial charge in [0.05, 0.1) is 0 Å². The first-order valence-corrected chi connectivity index (χ1v) is 7.55. The summed E-state index contributed by atoms with van der Waals surface area (Å²) in [5, 5.41) is 5.97. The maximum Gasteiger partial charge on any atom is 0.251 e. The molecule has 6 heteroatoms. The Morgan fingerprint density at radius 1 is 1.18 bits per heavy atom. The fourth-order valence-corrected chi connectivity index (χ4v) is 2.42. The Bertz CT molecular complexity index is 525. The first-order valence-electron chi connectivity index (χ1n) is 7.55. The lowest BCUT2D eigenvalue weighted by Crippen LogP contribution is -2.55. The zero-order valence-corrected chi connectivity index (χ0v) is 12.9. The van der Waals surface area contributed by atoms with Gasteiger partial charge >= 0.3 is 0 Å². The van der Waals surface area contributed by atoms with Crippen LogP contribution in [0.2, 0.25) is 0 Å². The number of nitrogens with one attached hydrogen (secondary N) is 2. The molecule has 0 saturated carbocycles. The van der Waals surface area contributed by atoms with Gasteiger partial charge in [-0.2, -0.15) is 0 Å². The van der Waals surface area contributed by atoms with Gasteiger partial charge in [-0.05, 0) is 30.2 Å². The summed E-state index contributed by atoms with van der Waals surface area (Å²) in [6.07, 6.45) is 0. The maximum absolute atomic E-state index is 12.9. The fourth-order valence-electron chi connectivity index (χ4n) is 2.42. The van der Waals surface area contributed by atoms with E-state index in [2.05, 4.69) is 10.6 Å². The quantitative estimate of drug-likeness (QED) is 0.873. The average molecular weight is 307 g/mol. The van der Waals surface area contributed by atoms with Crippen molar-refractivity contribution in [3.63, 3.8) is 0 Å². The predicted molar refractivity (Wildman–Crippen MR) is 81.9 cm³/mol. The highest BCUT2D eigenvalue weighted by Crippen LogP contribution is 2.10. The van der Waals surface area contributed by atoms with E-state index < -0.39 is 11.9 Å². The Balaban J connectivity index is 2.06. The van der Waals surface area contributed by atoms with E-state index in [1.807, 2.05) is 13.8 Å². The lowest BCUT2D eigenvalue weighted by molar-refractivity contribution is -0.134. The molecule has 0 aromatic heterocycles. The number of nitrogens with zero attached hydrogens (tertiary/aromatic N) is 1. The predicted octanol–water partition coefficient (Wildman–Crippen LogP) is 1.01. The Morgan fingerprint density at radius 3 is 2.32 bits per heavy atom. The normalized spacial score (nSPS) is 16.5. The van der Waals surface area contributed by atoms with E-state index in [4.69, 9.17) is 0 Å². The van der Waals surface area contributed by atoms with E-state index in [0.29, 0.717) is 18.7 Å². The van der Waals surface area contributed by atoms with Crippen molar-refractivity contribution in [3.05, 3.63) is 35.6 Å². The van der Waals surface area contributed by atoms with Gasteiger partial charge in [0.2, 0.25) is 5.91 Å². The lowest BCUT2D eigenvalue weighted by atomic mass is 10.0. The van der Waals surface area contributed by atoms with Crippen molar-refractivity contribution in [1.29, 1.82) is 0 Å². The third-order valence-electron chi connectivity index (χ3n) is 3.75. The Hall–Kier alpha value is -1.95. The summed E-state index contributed by atoms with van der Waals surface area (Å²) in [6.45, 7) is 6.62. The number of carbonyl (C=O) groups is 2. The van der Waals surface area contributed by atoms with Crippen LogP contribution in [0.1, 0.15) is 24.2 Å². The molecule has 1 aromatic rings. The number of hydrogen-bond acceptors (Lipinski definition) is 3. The third-order valence-corrected chi connectivity index (χ3v) is 3.75. The Kier molecular flexibility index (Phi) is 5.49. The molecule has 0 aliphatic carbocycles. The molecule has 2 rings (SSSR count). The van der Waals surface area contributed by atoms with Crippen molar-refractivity contribution >= 4 is 11.8 Å². The number of hydrogen-bond donors (Lipinski definition) is 2. The lowest BCUT2D eigenvalue weighted by Gasteiger charge is -2.32. The van der Waals surface area contributed by atoms with Gasteiger partial charge in [0.1, 0.15) is 11.9 Å². The number of piperazine rings is 1. The van der Waals surface area contributed by atoms with E-state index in [1.54, 1.807) is 4.90 Å². The van der Waals surface area contributed by atoms with Crippen LogP contribution in [0.25, 0.3) is 0 Å². The zero-order valence-electron chi connectivity index (χ0n) is 12.9. The van der Waals surface area contributed by atoms with Gasteiger partial charge in [-0.1, -0.05) is 13.8 Å². The molecule has 0 bridgehead atoms. The van der Waals surface area contributed by atoms with E-state index in [-0.39, 0.29) is 17.7 Å². The second-order valence-electron chi connectivity index (χ2n) is 5.78. The van der Waals surface area contributed by atoms with Crippen LogP contribution in [-0.4, -0.2) is 48.9 Å². The molecule has 1 atom stereocenters. The molecule has 1 heterocycles. The highest BCUT2D eigenvalue weighted by Gasteiger charge is 2.29. The van der Waals surface area contributed by atoms with Crippen LogP contribution in [0.4, 0.5) is 4.39 Å². The number of halogens is 1. The minimum Gasteiger partial charge on any atom is -0.340 e. The average Bonchev–Trinajstić information content (AvgIpc) is 2.53. The minimum atomic E-state index is -0.573.